The van der Waals surface area contributed by atoms with E-state index in [9.17, 15) is 13.2 Å². The van der Waals surface area contributed by atoms with E-state index in [0.29, 0.717) is 36.9 Å². The van der Waals surface area contributed by atoms with Crippen molar-refractivity contribution in [3.8, 4) is 11.5 Å². The number of carbonyl (C=O) groups is 1. The molecule has 0 spiro atoms. The minimum Gasteiger partial charge on any atom is -0.490 e. The summed E-state index contributed by atoms with van der Waals surface area (Å²) in [6, 6.07) is 13.4. The molecule has 0 aromatic heterocycles. The van der Waals surface area contributed by atoms with Gasteiger partial charge < -0.3 is 14.8 Å². The number of hydrogen-bond acceptors (Lipinski definition) is 5. The summed E-state index contributed by atoms with van der Waals surface area (Å²) < 4.78 is 37.9. The van der Waals surface area contributed by atoms with Crippen molar-refractivity contribution in [2.45, 2.75) is 37.7 Å². The molecule has 1 aliphatic heterocycles. The molecule has 8 heteroatoms. The summed E-state index contributed by atoms with van der Waals surface area (Å²) in [5, 5.41) is 2.75. The average molecular weight is 419 g/mol. The van der Waals surface area contributed by atoms with Crippen LogP contribution in [0, 0.1) is 0 Å². The number of carbonyl (C=O) groups excluding carboxylic acids is 1. The van der Waals surface area contributed by atoms with Gasteiger partial charge in [0.05, 0.1) is 11.5 Å². The number of rotatable bonds is 8. The first kappa shape index (κ1) is 21.1. The molecule has 3 rings (SSSR count). The second-order valence-corrected chi connectivity index (χ2v) is 8.70. The average Bonchev–Trinajstić information content (AvgIpc) is 3.26. The molecule has 1 N–H and O–H groups in total. The predicted molar refractivity (Wildman–Crippen MR) is 111 cm³/mol. The fourth-order valence-corrected chi connectivity index (χ4v) is 4.61. The third kappa shape index (κ3) is 5.07. The lowest BCUT2D eigenvalue weighted by molar-refractivity contribution is -0.122. The number of nitrogens with one attached hydrogen (secondary N) is 1. The number of ether oxygens (including phenoxy) is 2. The number of benzene rings is 2. The van der Waals surface area contributed by atoms with E-state index in [1.165, 1.54) is 16.4 Å². The molecule has 1 fully saturated rings. The molecule has 1 heterocycles. The summed E-state index contributed by atoms with van der Waals surface area (Å²) >= 11 is 0. The van der Waals surface area contributed by atoms with Gasteiger partial charge >= 0.3 is 0 Å². The third-order valence-corrected chi connectivity index (χ3v) is 6.56. The van der Waals surface area contributed by atoms with Crippen molar-refractivity contribution in [3.05, 3.63) is 48.5 Å². The van der Waals surface area contributed by atoms with Gasteiger partial charge in [-0.05, 0) is 63.1 Å². The van der Waals surface area contributed by atoms with Crippen LogP contribution in [0.5, 0.6) is 11.5 Å². The van der Waals surface area contributed by atoms with Crippen molar-refractivity contribution >= 4 is 21.6 Å². The van der Waals surface area contributed by atoms with Crippen LogP contribution in [0.2, 0.25) is 0 Å². The highest BCUT2D eigenvalue weighted by atomic mass is 32.2. The van der Waals surface area contributed by atoms with Crippen molar-refractivity contribution in [1.29, 1.82) is 0 Å². The minimum atomic E-state index is -3.47. The first-order valence-electron chi connectivity index (χ1n) is 9.71. The highest BCUT2D eigenvalue weighted by Crippen LogP contribution is 2.28. The fraction of sp³-hybridized carbons (Fsp3) is 0.381. The van der Waals surface area contributed by atoms with Crippen LogP contribution in [0.1, 0.15) is 26.7 Å². The Morgan fingerprint density at radius 1 is 1.07 bits per heavy atom. The van der Waals surface area contributed by atoms with Crippen LogP contribution in [0.4, 0.5) is 5.69 Å². The Bertz CT molecular complexity index is 938. The van der Waals surface area contributed by atoms with E-state index < -0.39 is 16.1 Å². The first-order chi connectivity index (χ1) is 13.9. The molecule has 0 aliphatic carbocycles. The van der Waals surface area contributed by atoms with E-state index in [4.69, 9.17) is 9.47 Å². The molecule has 7 nitrogen and oxygen atoms in total. The zero-order valence-corrected chi connectivity index (χ0v) is 17.4. The maximum absolute atomic E-state index is 12.6. The second kappa shape index (κ2) is 9.28. The van der Waals surface area contributed by atoms with Crippen LogP contribution < -0.4 is 14.8 Å². The number of hydrogen-bond donors (Lipinski definition) is 1. The summed E-state index contributed by atoms with van der Waals surface area (Å²) in [4.78, 5) is 12.7. The lowest BCUT2D eigenvalue weighted by atomic mass is 10.3. The standard InChI is InChI=1S/C21H26N2O5S/c1-3-27-19-8-4-5-9-20(19)28-16(2)21(24)22-17-10-12-18(13-11-17)29(25,26)23-14-6-7-15-23/h4-5,8-13,16H,3,6-7,14-15H2,1-2H3,(H,22,24)/t16-/m1/s1. The summed E-state index contributed by atoms with van der Waals surface area (Å²) in [6.07, 6.45) is 1.01. The van der Waals surface area contributed by atoms with Gasteiger partial charge in [-0.25, -0.2) is 8.42 Å². The highest BCUT2D eigenvalue weighted by molar-refractivity contribution is 7.89. The normalized spacial score (nSPS) is 15.7. The second-order valence-electron chi connectivity index (χ2n) is 6.76. The Morgan fingerprint density at radius 3 is 2.31 bits per heavy atom. The topological polar surface area (TPSA) is 84.9 Å². The SMILES string of the molecule is CCOc1ccccc1O[C@H](C)C(=O)Nc1ccc(S(=O)(=O)N2CCCC2)cc1. The Hall–Kier alpha value is -2.58. The Labute approximate surface area is 171 Å². The maximum Gasteiger partial charge on any atom is 0.265 e. The van der Waals surface area contributed by atoms with Crippen molar-refractivity contribution in [2.75, 3.05) is 25.0 Å². The van der Waals surface area contributed by atoms with Gasteiger partial charge in [-0.1, -0.05) is 12.1 Å². The summed E-state index contributed by atoms with van der Waals surface area (Å²) in [5.74, 6) is 0.724. The number of amides is 1. The number of anilines is 1. The molecule has 0 saturated carbocycles. The van der Waals surface area contributed by atoms with E-state index in [1.54, 1.807) is 31.2 Å². The third-order valence-electron chi connectivity index (χ3n) is 4.65. The molecule has 1 atom stereocenters. The molecule has 1 aliphatic rings. The number of nitrogens with zero attached hydrogens (tertiary/aromatic N) is 1. The molecule has 2 aromatic carbocycles. The van der Waals surface area contributed by atoms with Crippen molar-refractivity contribution in [2.24, 2.45) is 0 Å². The molecular formula is C21H26N2O5S. The van der Waals surface area contributed by atoms with Gasteiger partial charge in [0.25, 0.3) is 5.91 Å². The maximum atomic E-state index is 12.6. The molecule has 29 heavy (non-hydrogen) atoms. The molecule has 156 valence electrons. The molecule has 0 bridgehead atoms. The molecular weight excluding hydrogens is 392 g/mol. The van der Waals surface area contributed by atoms with Crippen LogP contribution >= 0.6 is 0 Å². The Balaban J connectivity index is 1.63. The summed E-state index contributed by atoms with van der Waals surface area (Å²) in [7, 11) is -3.47. The molecule has 0 radical (unpaired) electrons. The molecule has 1 saturated heterocycles. The fourth-order valence-electron chi connectivity index (χ4n) is 3.10. The zero-order valence-electron chi connectivity index (χ0n) is 16.6. The Morgan fingerprint density at radius 2 is 1.69 bits per heavy atom. The molecule has 2 aromatic rings. The van der Waals surface area contributed by atoms with Crippen LogP contribution in [0.15, 0.2) is 53.4 Å². The van der Waals surface area contributed by atoms with Crippen molar-refractivity contribution in [3.63, 3.8) is 0 Å². The number of para-hydroxylation sites is 2. The lowest BCUT2D eigenvalue weighted by Crippen LogP contribution is -2.30. The molecule has 0 unspecified atom stereocenters. The lowest BCUT2D eigenvalue weighted by Gasteiger charge is -2.18. The summed E-state index contributed by atoms with van der Waals surface area (Å²) in [6.45, 7) is 5.12. The van der Waals surface area contributed by atoms with Gasteiger partial charge in [0.15, 0.2) is 17.6 Å². The van der Waals surface area contributed by atoms with Gasteiger partial charge in [0.2, 0.25) is 10.0 Å². The van der Waals surface area contributed by atoms with E-state index >= 15 is 0 Å². The first-order valence-corrected chi connectivity index (χ1v) is 11.2. The van der Waals surface area contributed by atoms with Crippen molar-refractivity contribution < 1.29 is 22.7 Å². The van der Waals surface area contributed by atoms with Crippen molar-refractivity contribution in [1.82, 2.24) is 4.31 Å². The zero-order chi connectivity index (χ0) is 20.9. The van der Waals surface area contributed by atoms with Crippen LogP contribution in [0.25, 0.3) is 0 Å². The number of sulfonamides is 1. The van der Waals surface area contributed by atoms with Gasteiger partial charge in [-0.3, -0.25) is 4.79 Å². The highest BCUT2D eigenvalue weighted by Gasteiger charge is 2.27. The van der Waals surface area contributed by atoms with E-state index in [-0.39, 0.29) is 10.8 Å². The smallest absolute Gasteiger partial charge is 0.265 e. The van der Waals surface area contributed by atoms with Gasteiger partial charge in [-0.2, -0.15) is 4.31 Å². The predicted octanol–water partition coefficient (Wildman–Crippen LogP) is 3.28. The van der Waals surface area contributed by atoms with Crippen LogP contribution in [-0.4, -0.2) is 44.4 Å². The van der Waals surface area contributed by atoms with Gasteiger partial charge in [0.1, 0.15) is 0 Å². The largest absolute Gasteiger partial charge is 0.490 e. The minimum absolute atomic E-state index is 0.229. The summed E-state index contributed by atoms with van der Waals surface area (Å²) in [5.41, 5.74) is 0.504. The van der Waals surface area contributed by atoms with Crippen LogP contribution in [-0.2, 0) is 14.8 Å². The monoisotopic (exact) mass is 418 g/mol. The van der Waals surface area contributed by atoms with E-state index in [2.05, 4.69) is 5.32 Å². The van der Waals surface area contributed by atoms with Crippen LogP contribution in [0.3, 0.4) is 0 Å². The quantitative estimate of drug-likeness (QED) is 0.711. The Kier molecular flexibility index (Phi) is 6.76. The van der Waals surface area contributed by atoms with E-state index in [0.717, 1.165) is 12.8 Å². The van der Waals surface area contributed by atoms with E-state index in [1.807, 2.05) is 19.1 Å². The van der Waals surface area contributed by atoms with Gasteiger partial charge in [-0.15, -0.1) is 0 Å². The molecule has 1 amide bonds. The van der Waals surface area contributed by atoms with Gasteiger partial charge in [0, 0.05) is 18.8 Å².